The summed E-state index contributed by atoms with van der Waals surface area (Å²) >= 11 is 0. The summed E-state index contributed by atoms with van der Waals surface area (Å²) in [4.78, 5) is 24.7. The maximum Gasteiger partial charge on any atom is 0.298 e. The molecule has 2 aromatic carbocycles. The number of nitrogens with zero attached hydrogens (tertiary/aromatic N) is 3. The van der Waals surface area contributed by atoms with Gasteiger partial charge in [0.05, 0.1) is 23.0 Å². The predicted octanol–water partition coefficient (Wildman–Crippen LogP) is 3.26. The third-order valence-electron chi connectivity index (χ3n) is 2.81. The first-order chi connectivity index (χ1) is 10.5. The molecule has 0 aromatic heterocycles. The lowest BCUT2D eigenvalue weighted by Crippen LogP contribution is -1.92. The van der Waals surface area contributed by atoms with Gasteiger partial charge in [-0.05, 0) is 17.7 Å². The highest BCUT2D eigenvalue weighted by atomic mass is 16.6. The summed E-state index contributed by atoms with van der Waals surface area (Å²) in [5.74, 6) is 0.348. The summed E-state index contributed by atoms with van der Waals surface area (Å²) in [5, 5.41) is 21.7. The number of hydrogen-bond donors (Lipinski definition) is 0. The standard InChI is InChI=1S/C14H11N3O5/c1-22-12-5-6-13(14(8-12)17(20)21)15-9-10-3-2-4-11(7-10)16(18)19/h2-9H,1H3. The Bertz CT molecular complexity index is 758. The van der Waals surface area contributed by atoms with Gasteiger partial charge in [-0.2, -0.15) is 0 Å². The number of nitro benzene ring substituents is 2. The second-order valence-corrected chi connectivity index (χ2v) is 4.22. The molecular formula is C14H11N3O5. The number of hydrogen-bond acceptors (Lipinski definition) is 6. The first-order valence-corrected chi connectivity index (χ1v) is 6.12. The fourth-order valence-electron chi connectivity index (χ4n) is 1.75. The van der Waals surface area contributed by atoms with E-state index < -0.39 is 9.85 Å². The molecule has 0 spiro atoms. The molecule has 0 heterocycles. The average Bonchev–Trinajstić information content (AvgIpc) is 2.52. The van der Waals surface area contributed by atoms with Crippen LogP contribution < -0.4 is 4.74 Å². The smallest absolute Gasteiger partial charge is 0.298 e. The summed E-state index contributed by atoms with van der Waals surface area (Å²) in [6.07, 6.45) is 1.34. The molecule has 2 rings (SSSR count). The van der Waals surface area contributed by atoms with Crippen molar-refractivity contribution in [3.63, 3.8) is 0 Å². The molecule has 22 heavy (non-hydrogen) atoms. The fourth-order valence-corrected chi connectivity index (χ4v) is 1.75. The predicted molar refractivity (Wildman–Crippen MR) is 80.0 cm³/mol. The molecule has 0 aliphatic heterocycles. The van der Waals surface area contributed by atoms with Crippen molar-refractivity contribution >= 4 is 23.3 Å². The van der Waals surface area contributed by atoms with E-state index in [1.807, 2.05) is 0 Å². The zero-order valence-corrected chi connectivity index (χ0v) is 11.5. The molecule has 0 aliphatic carbocycles. The Balaban J connectivity index is 2.35. The molecule has 0 aliphatic rings. The molecular weight excluding hydrogens is 290 g/mol. The van der Waals surface area contributed by atoms with Gasteiger partial charge in [0.2, 0.25) is 0 Å². The molecule has 0 unspecified atom stereocenters. The van der Waals surface area contributed by atoms with Crippen molar-refractivity contribution in [3.05, 3.63) is 68.3 Å². The first-order valence-electron chi connectivity index (χ1n) is 6.12. The number of nitro groups is 2. The SMILES string of the molecule is COc1ccc(N=Cc2cccc([N+](=O)[O-])c2)c([N+](=O)[O-])c1. The minimum atomic E-state index is -0.567. The van der Waals surface area contributed by atoms with Crippen LogP contribution in [-0.4, -0.2) is 23.2 Å². The molecule has 2 aromatic rings. The second-order valence-electron chi connectivity index (χ2n) is 4.22. The van der Waals surface area contributed by atoms with Crippen molar-refractivity contribution in [3.8, 4) is 5.75 Å². The Morgan fingerprint density at radius 2 is 1.86 bits per heavy atom. The van der Waals surface area contributed by atoms with E-state index >= 15 is 0 Å². The van der Waals surface area contributed by atoms with Crippen LogP contribution in [0, 0.1) is 20.2 Å². The van der Waals surface area contributed by atoms with Gasteiger partial charge in [-0.3, -0.25) is 20.2 Å². The first kappa shape index (κ1) is 15.1. The Kier molecular flexibility index (Phi) is 4.42. The third-order valence-corrected chi connectivity index (χ3v) is 2.81. The molecule has 8 heteroatoms. The van der Waals surface area contributed by atoms with Gasteiger partial charge < -0.3 is 4.74 Å². The lowest BCUT2D eigenvalue weighted by Gasteiger charge is -2.01. The zero-order chi connectivity index (χ0) is 16.1. The maximum atomic E-state index is 11.0. The van der Waals surface area contributed by atoms with Crippen LogP contribution in [0.15, 0.2) is 47.5 Å². The van der Waals surface area contributed by atoms with Crippen LogP contribution in [0.4, 0.5) is 17.1 Å². The van der Waals surface area contributed by atoms with Crippen LogP contribution in [0.5, 0.6) is 5.75 Å². The van der Waals surface area contributed by atoms with Crippen LogP contribution >= 0.6 is 0 Å². The zero-order valence-electron chi connectivity index (χ0n) is 11.5. The fraction of sp³-hybridized carbons (Fsp3) is 0.0714. The van der Waals surface area contributed by atoms with Gasteiger partial charge in [0.15, 0.2) is 0 Å². The lowest BCUT2D eigenvalue weighted by atomic mass is 10.2. The summed E-state index contributed by atoms with van der Waals surface area (Å²) in [6.45, 7) is 0. The number of non-ortho nitro benzene ring substituents is 1. The minimum Gasteiger partial charge on any atom is -0.496 e. The Morgan fingerprint density at radius 1 is 1.09 bits per heavy atom. The van der Waals surface area contributed by atoms with Gasteiger partial charge in [-0.15, -0.1) is 0 Å². The van der Waals surface area contributed by atoms with Crippen molar-refractivity contribution in [1.29, 1.82) is 0 Å². The second kappa shape index (κ2) is 6.44. The number of benzene rings is 2. The maximum absolute atomic E-state index is 11.0. The molecule has 0 atom stereocenters. The monoisotopic (exact) mass is 301 g/mol. The molecule has 8 nitrogen and oxygen atoms in total. The van der Waals surface area contributed by atoms with Crippen molar-refractivity contribution < 1.29 is 14.6 Å². The largest absolute Gasteiger partial charge is 0.496 e. The van der Waals surface area contributed by atoms with Gasteiger partial charge in [0, 0.05) is 18.3 Å². The number of ether oxygens (including phenoxy) is 1. The summed E-state index contributed by atoms with van der Waals surface area (Å²) < 4.78 is 4.93. The third kappa shape index (κ3) is 3.42. The molecule has 0 bridgehead atoms. The van der Waals surface area contributed by atoms with Crippen molar-refractivity contribution in [1.82, 2.24) is 0 Å². The van der Waals surface area contributed by atoms with Gasteiger partial charge in [-0.25, -0.2) is 4.99 Å². The van der Waals surface area contributed by atoms with E-state index in [0.717, 1.165) is 0 Å². The van der Waals surface area contributed by atoms with E-state index in [0.29, 0.717) is 11.3 Å². The minimum absolute atomic E-state index is 0.0758. The highest BCUT2D eigenvalue weighted by Crippen LogP contribution is 2.31. The Labute approximate surface area is 125 Å². The number of aliphatic imine (C=N–C) groups is 1. The van der Waals surface area contributed by atoms with E-state index in [2.05, 4.69) is 4.99 Å². The van der Waals surface area contributed by atoms with Gasteiger partial charge in [0.25, 0.3) is 11.4 Å². The quantitative estimate of drug-likeness (QED) is 0.478. The molecule has 0 amide bonds. The van der Waals surface area contributed by atoms with Crippen molar-refractivity contribution in [2.75, 3.05) is 7.11 Å². The van der Waals surface area contributed by atoms with Gasteiger partial charge in [0.1, 0.15) is 11.4 Å². The van der Waals surface area contributed by atoms with Crippen molar-refractivity contribution in [2.24, 2.45) is 4.99 Å². The number of rotatable bonds is 5. The van der Waals surface area contributed by atoms with E-state index in [1.54, 1.807) is 12.1 Å². The van der Waals surface area contributed by atoms with Crippen LogP contribution in [0.25, 0.3) is 0 Å². The number of methoxy groups -OCH3 is 1. The highest BCUT2D eigenvalue weighted by molar-refractivity contribution is 5.84. The van der Waals surface area contributed by atoms with E-state index in [9.17, 15) is 20.2 Å². The molecule has 0 saturated carbocycles. The molecule has 0 N–H and O–H groups in total. The highest BCUT2D eigenvalue weighted by Gasteiger charge is 2.14. The molecule has 0 radical (unpaired) electrons. The summed E-state index contributed by atoms with van der Waals surface area (Å²) in [6, 6.07) is 10.1. The van der Waals surface area contributed by atoms with Crippen LogP contribution in [0.3, 0.4) is 0 Å². The normalized spacial score (nSPS) is 10.6. The van der Waals surface area contributed by atoms with E-state index in [1.165, 1.54) is 43.7 Å². The van der Waals surface area contributed by atoms with Gasteiger partial charge >= 0.3 is 0 Å². The van der Waals surface area contributed by atoms with Crippen LogP contribution in [0.2, 0.25) is 0 Å². The molecule has 0 saturated heterocycles. The molecule has 0 fully saturated rings. The molecule has 112 valence electrons. The topological polar surface area (TPSA) is 108 Å². The Hall–Kier alpha value is -3.29. The van der Waals surface area contributed by atoms with E-state index in [-0.39, 0.29) is 17.1 Å². The van der Waals surface area contributed by atoms with Crippen LogP contribution in [-0.2, 0) is 0 Å². The Morgan fingerprint density at radius 3 is 2.50 bits per heavy atom. The summed E-state index contributed by atoms with van der Waals surface area (Å²) in [5.41, 5.74) is 0.325. The van der Waals surface area contributed by atoms with Crippen LogP contribution in [0.1, 0.15) is 5.56 Å². The lowest BCUT2D eigenvalue weighted by molar-refractivity contribution is -0.384. The van der Waals surface area contributed by atoms with Crippen molar-refractivity contribution in [2.45, 2.75) is 0 Å². The van der Waals surface area contributed by atoms with E-state index in [4.69, 9.17) is 4.74 Å². The summed E-state index contributed by atoms with van der Waals surface area (Å²) in [7, 11) is 1.41. The average molecular weight is 301 g/mol. The van der Waals surface area contributed by atoms with Gasteiger partial charge in [-0.1, -0.05) is 12.1 Å².